The Bertz CT molecular complexity index is 65.3. The zero-order chi connectivity index (χ0) is 7.54. The van der Waals surface area contributed by atoms with Gasteiger partial charge in [-0.25, -0.2) is 0 Å². The van der Waals surface area contributed by atoms with Crippen LogP contribution in [0.3, 0.4) is 0 Å². The summed E-state index contributed by atoms with van der Waals surface area (Å²) in [6.45, 7) is 6.60. The summed E-state index contributed by atoms with van der Waals surface area (Å²) in [6, 6.07) is 0. The summed E-state index contributed by atoms with van der Waals surface area (Å²) in [4.78, 5) is 9.29. The van der Waals surface area contributed by atoms with E-state index in [2.05, 4.69) is 5.32 Å². The van der Waals surface area contributed by atoms with Gasteiger partial charge in [0.1, 0.15) is 0 Å². The Kier molecular flexibility index (Phi) is 19.3. The molecule has 0 rings (SSSR count). The van der Waals surface area contributed by atoms with Crippen molar-refractivity contribution >= 4 is 6.41 Å². The van der Waals surface area contributed by atoms with Crippen molar-refractivity contribution < 1.29 is 4.79 Å². The van der Waals surface area contributed by atoms with Crippen LogP contribution in [0.4, 0.5) is 0 Å². The van der Waals surface area contributed by atoms with Crippen molar-refractivity contribution in [3.05, 3.63) is 12.2 Å². The third-order valence-corrected chi connectivity index (χ3v) is 0.621. The number of rotatable bonds is 2. The van der Waals surface area contributed by atoms with E-state index in [-0.39, 0.29) is 0 Å². The summed E-state index contributed by atoms with van der Waals surface area (Å²) in [5.74, 6) is 0. The Morgan fingerprint density at radius 1 is 1.33 bits per heavy atom. The molecule has 9 heavy (non-hydrogen) atoms. The van der Waals surface area contributed by atoms with Gasteiger partial charge in [0, 0.05) is 6.54 Å². The zero-order valence-electron chi connectivity index (χ0n) is 6.35. The fourth-order valence-corrected chi connectivity index (χ4v) is 0.0833. The molecule has 0 aliphatic carbocycles. The average molecular weight is 129 g/mol. The first-order valence-corrected chi connectivity index (χ1v) is 3.07. The molecule has 1 amide bonds. The molecule has 0 radical (unpaired) electrons. The largest absolute Gasteiger partial charge is 0.359 e. The highest BCUT2D eigenvalue weighted by molar-refractivity contribution is 5.45. The average Bonchev–Trinajstić information content (AvgIpc) is 1.91. The van der Waals surface area contributed by atoms with Gasteiger partial charge in [0.05, 0.1) is 0 Å². The van der Waals surface area contributed by atoms with E-state index in [9.17, 15) is 4.79 Å². The molecule has 1 N–H and O–H groups in total. The van der Waals surface area contributed by atoms with E-state index in [0.29, 0.717) is 6.41 Å². The maximum absolute atomic E-state index is 9.29. The van der Waals surface area contributed by atoms with Crippen LogP contribution in [0.2, 0.25) is 0 Å². The predicted molar refractivity (Wildman–Crippen MR) is 40.2 cm³/mol. The first kappa shape index (κ1) is 11.1. The molecule has 0 aromatic rings. The van der Waals surface area contributed by atoms with Crippen molar-refractivity contribution in [2.45, 2.75) is 20.8 Å². The first-order chi connectivity index (χ1) is 4.33. The molecule has 0 fully saturated rings. The number of carbonyl (C=O) groups excluding carboxylic acids is 1. The number of nitrogens with one attached hydrogen (secondary N) is 1. The maximum Gasteiger partial charge on any atom is 0.207 e. The summed E-state index contributed by atoms with van der Waals surface area (Å²) in [7, 11) is 0. The molecule has 2 nitrogen and oxygen atoms in total. The molecule has 0 aromatic carbocycles. The second-order valence-electron chi connectivity index (χ2n) is 1.34. The highest BCUT2D eigenvalue weighted by Gasteiger charge is 1.59. The van der Waals surface area contributed by atoms with Gasteiger partial charge in [-0.05, 0) is 20.8 Å². The zero-order valence-corrected chi connectivity index (χ0v) is 6.35. The lowest BCUT2D eigenvalue weighted by atomic mass is 10.6. The monoisotopic (exact) mass is 129 g/mol. The van der Waals surface area contributed by atoms with Gasteiger partial charge >= 0.3 is 0 Å². The van der Waals surface area contributed by atoms with Gasteiger partial charge in [-0.15, -0.1) is 0 Å². The van der Waals surface area contributed by atoms with Gasteiger partial charge in [-0.3, -0.25) is 4.79 Å². The van der Waals surface area contributed by atoms with E-state index < -0.39 is 0 Å². The molecule has 0 atom stereocenters. The smallest absolute Gasteiger partial charge is 0.207 e. The van der Waals surface area contributed by atoms with Crippen LogP contribution < -0.4 is 5.32 Å². The van der Waals surface area contributed by atoms with Crippen LogP contribution in [0.1, 0.15) is 20.8 Å². The Labute approximate surface area is 57.0 Å². The predicted octanol–water partition coefficient (Wildman–Crippen LogP) is 1.33. The lowest BCUT2D eigenvalue weighted by Crippen LogP contribution is -2.07. The summed E-state index contributed by atoms with van der Waals surface area (Å²) < 4.78 is 0. The Morgan fingerprint density at radius 3 is 1.78 bits per heavy atom. The molecule has 0 aromatic heterocycles. The standard InChI is InChI=1S/C4H8.C3H7NO/c1-3-4-2;1-2-4-3-5/h3-4H,1-2H3;3H,2H2,1H3,(H,4,5)/b4-3-;. The third-order valence-electron chi connectivity index (χ3n) is 0.621. The van der Waals surface area contributed by atoms with Gasteiger partial charge in [-0.2, -0.15) is 0 Å². The molecular weight excluding hydrogens is 114 g/mol. The van der Waals surface area contributed by atoms with Crippen LogP contribution >= 0.6 is 0 Å². The van der Waals surface area contributed by atoms with Crippen molar-refractivity contribution in [3.63, 3.8) is 0 Å². The number of hydrogen-bond acceptors (Lipinski definition) is 1. The number of hydrogen-bond donors (Lipinski definition) is 1. The Balaban J connectivity index is 0. The number of carbonyl (C=O) groups is 1. The van der Waals surface area contributed by atoms with Crippen molar-refractivity contribution in [2.75, 3.05) is 6.54 Å². The van der Waals surface area contributed by atoms with Crippen LogP contribution in [0, 0.1) is 0 Å². The third kappa shape index (κ3) is 40.1. The molecule has 0 unspecified atom stereocenters. The second kappa shape index (κ2) is 15.7. The van der Waals surface area contributed by atoms with Crippen LogP contribution in [-0.2, 0) is 4.79 Å². The van der Waals surface area contributed by atoms with Crippen LogP contribution in [0.15, 0.2) is 12.2 Å². The van der Waals surface area contributed by atoms with Gasteiger partial charge in [0.15, 0.2) is 0 Å². The minimum absolute atomic E-state index is 0.681. The SMILES string of the molecule is C/C=C\C.CCNC=O. The van der Waals surface area contributed by atoms with E-state index >= 15 is 0 Å². The Morgan fingerprint density at radius 2 is 1.78 bits per heavy atom. The van der Waals surface area contributed by atoms with E-state index in [4.69, 9.17) is 0 Å². The highest BCUT2D eigenvalue weighted by Crippen LogP contribution is 1.57. The Hall–Kier alpha value is -0.790. The van der Waals surface area contributed by atoms with E-state index in [1.54, 1.807) is 0 Å². The molecule has 0 saturated carbocycles. The normalized spacial score (nSPS) is 7.89. The van der Waals surface area contributed by atoms with E-state index in [1.807, 2.05) is 32.9 Å². The van der Waals surface area contributed by atoms with Crippen molar-refractivity contribution in [3.8, 4) is 0 Å². The highest BCUT2D eigenvalue weighted by atomic mass is 16.1. The molecule has 0 aliphatic heterocycles. The van der Waals surface area contributed by atoms with Gasteiger partial charge in [0.2, 0.25) is 6.41 Å². The molecule has 0 heterocycles. The molecule has 0 aliphatic rings. The van der Waals surface area contributed by atoms with Crippen LogP contribution in [0.5, 0.6) is 0 Å². The van der Waals surface area contributed by atoms with E-state index in [0.717, 1.165) is 6.54 Å². The van der Waals surface area contributed by atoms with Crippen molar-refractivity contribution in [1.29, 1.82) is 0 Å². The van der Waals surface area contributed by atoms with Crippen LogP contribution in [-0.4, -0.2) is 13.0 Å². The molecule has 0 spiro atoms. The minimum Gasteiger partial charge on any atom is -0.359 e. The van der Waals surface area contributed by atoms with E-state index in [1.165, 1.54) is 0 Å². The fraction of sp³-hybridized carbons (Fsp3) is 0.571. The van der Waals surface area contributed by atoms with Gasteiger partial charge in [0.25, 0.3) is 0 Å². The van der Waals surface area contributed by atoms with Crippen molar-refractivity contribution in [2.24, 2.45) is 0 Å². The van der Waals surface area contributed by atoms with Crippen LogP contribution in [0.25, 0.3) is 0 Å². The topological polar surface area (TPSA) is 29.1 Å². The molecule has 0 saturated heterocycles. The molecular formula is C7H15NO. The molecule has 2 heteroatoms. The molecule has 54 valence electrons. The number of amides is 1. The lowest BCUT2D eigenvalue weighted by molar-refractivity contribution is -0.109. The van der Waals surface area contributed by atoms with Crippen molar-refractivity contribution in [1.82, 2.24) is 5.32 Å². The quantitative estimate of drug-likeness (QED) is 0.442. The minimum atomic E-state index is 0.681. The summed E-state index contributed by atoms with van der Waals surface area (Å²) >= 11 is 0. The van der Waals surface area contributed by atoms with Gasteiger partial charge in [-0.1, -0.05) is 12.2 Å². The lowest BCUT2D eigenvalue weighted by Gasteiger charge is -1.78. The fourth-order valence-electron chi connectivity index (χ4n) is 0.0833. The number of allylic oxidation sites excluding steroid dienone is 2. The second-order valence-corrected chi connectivity index (χ2v) is 1.34. The summed E-state index contributed by atoms with van der Waals surface area (Å²) in [6.07, 6.45) is 4.68. The summed E-state index contributed by atoms with van der Waals surface area (Å²) in [5, 5.41) is 2.43. The maximum atomic E-state index is 9.29. The van der Waals surface area contributed by atoms with Gasteiger partial charge < -0.3 is 5.32 Å². The summed E-state index contributed by atoms with van der Waals surface area (Å²) in [5.41, 5.74) is 0. The first-order valence-electron chi connectivity index (χ1n) is 3.07. The molecule has 0 bridgehead atoms.